The summed E-state index contributed by atoms with van der Waals surface area (Å²) in [6, 6.07) is 14.7. The molecule has 0 spiro atoms. The molecule has 2 fully saturated rings. The molecule has 1 aliphatic carbocycles. The molecule has 2 aliphatic rings. The van der Waals surface area contributed by atoms with Crippen molar-refractivity contribution < 1.29 is 14.4 Å². The Morgan fingerprint density at radius 2 is 1.71 bits per heavy atom. The summed E-state index contributed by atoms with van der Waals surface area (Å²) in [7, 11) is 0. The van der Waals surface area contributed by atoms with Gasteiger partial charge in [-0.05, 0) is 73.3 Å². The number of aromatic nitrogens is 1. The van der Waals surface area contributed by atoms with Gasteiger partial charge in [-0.25, -0.2) is 4.98 Å². The zero-order valence-electron chi connectivity index (χ0n) is 24.8. The van der Waals surface area contributed by atoms with Crippen LogP contribution >= 0.6 is 27.3 Å². The minimum absolute atomic E-state index is 0.0954. The number of likely N-dealkylation sites (tertiary alicyclic amines) is 1. The molecule has 3 amide bonds. The first-order valence-electron chi connectivity index (χ1n) is 14.6. The Bertz CT molecular complexity index is 1450. The summed E-state index contributed by atoms with van der Waals surface area (Å²) in [4.78, 5) is 47.9. The van der Waals surface area contributed by atoms with Gasteiger partial charge >= 0.3 is 0 Å². The molecule has 0 bridgehead atoms. The van der Waals surface area contributed by atoms with Crippen LogP contribution in [0.4, 0.5) is 0 Å². The van der Waals surface area contributed by atoms with Crippen molar-refractivity contribution in [1.82, 2.24) is 20.5 Å². The van der Waals surface area contributed by atoms with Crippen LogP contribution < -0.4 is 10.6 Å². The summed E-state index contributed by atoms with van der Waals surface area (Å²) >= 11 is 5.07. The van der Waals surface area contributed by atoms with E-state index in [4.69, 9.17) is 0 Å². The number of nitrogens with one attached hydrogen (secondary N) is 2. The fraction of sp³-hybridized carbons (Fsp3) is 0.455. The van der Waals surface area contributed by atoms with Gasteiger partial charge < -0.3 is 15.5 Å². The van der Waals surface area contributed by atoms with E-state index in [1.165, 1.54) is 0 Å². The van der Waals surface area contributed by atoms with Crippen molar-refractivity contribution >= 4 is 45.0 Å². The van der Waals surface area contributed by atoms with Crippen molar-refractivity contribution in [2.24, 2.45) is 11.3 Å². The van der Waals surface area contributed by atoms with Crippen LogP contribution in [0.2, 0.25) is 0 Å². The van der Waals surface area contributed by atoms with Gasteiger partial charge in [0.15, 0.2) is 0 Å². The standard InChI is InChI=1S/C33H39BrN4O3S/c1-19(21-8-10-23(11-9-21)28-20(2)35-18-42-28)36-31(40)27-7-6-16-38(27)32(41)29(33(3,4)5)37-30(39)26-17-25(26)22-12-14-24(34)15-13-22/h8-15,18-19,25-27,29H,6-7,16-17H2,1-5H3,(H,36,40)(H,37,39)/t19-,25+,26+,27-,29?/m0/s1. The third-order valence-electron chi connectivity index (χ3n) is 8.44. The number of thiazole rings is 1. The maximum absolute atomic E-state index is 13.9. The highest BCUT2D eigenvalue weighted by molar-refractivity contribution is 9.10. The van der Waals surface area contributed by atoms with Gasteiger partial charge in [-0.1, -0.05) is 73.1 Å². The first-order chi connectivity index (χ1) is 19.9. The number of hydrogen-bond acceptors (Lipinski definition) is 5. The first-order valence-corrected chi connectivity index (χ1v) is 16.3. The monoisotopic (exact) mass is 650 g/mol. The van der Waals surface area contributed by atoms with E-state index < -0.39 is 17.5 Å². The Balaban J connectivity index is 1.22. The Morgan fingerprint density at radius 3 is 2.33 bits per heavy atom. The predicted octanol–water partition coefficient (Wildman–Crippen LogP) is 6.38. The quantitative estimate of drug-likeness (QED) is 0.296. The molecule has 5 atom stereocenters. The number of amides is 3. The van der Waals surface area contributed by atoms with Gasteiger partial charge in [0.1, 0.15) is 12.1 Å². The highest BCUT2D eigenvalue weighted by atomic mass is 79.9. The van der Waals surface area contributed by atoms with Gasteiger partial charge in [0.2, 0.25) is 17.7 Å². The lowest BCUT2D eigenvalue weighted by Crippen LogP contribution is -2.58. The molecule has 9 heteroatoms. The Labute approximate surface area is 260 Å². The molecule has 1 aliphatic heterocycles. The van der Waals surface area contributed by atoms with E-state index in [1.54, 1.807) is 16.2 Å². The van der Waals surface area contributed by atoms with E-state index in [0.29, 0.717) is 13.0 Å². The van der Waals surface area contributed by atoms with Crippen molar-refractivity contribution in [1.29, 1.82) is 0 Å². The first kappa shape index (κ1) is 30.4. The average Bonchev–Trinajstić information content (AvgIpc) is 3.38. The number of benzene rings is 2. The van der Waals surface area contributed by atoms with E-state index in [1.807, 2.05) is 76.5 Å². The lowest BCUT2D eigenvalue weighted by Gasteiger charge is -2.35. The number of nitrogens with zero attached hydrogens (tertiary/aromatic N) is 2. The summed E-state index contributed by atoms with van der Waals surface area (Å²) in [5, 5.41) is 6.21. The topological polar surface area (TPSA) is 91.4 Å². The summed E-state index contributed by atoms with van der Waals surface area (Å²) in [5.41, 5.74) is 5.58. The second-order valence-corrected chi connectivity index (χ2v) is 14.4. The molecule has 222 valence electrons. The molecule has 7 nitrogen and oxygen atoms in total. The molecule has 2 N–H and O–H groups in total. The van der Waals surface area contributed by atoms with Crippen LogP contribution in [-0.2, 0) is 14.4 Å². The Morgan fingerprint density at radius 1 is 1.02 bits per heavy atom. The maximum atomic E-state index is 13.9. The third-order valence-corrected chi connectivity index (χ3v) is 9.95. The highest BCUT2D eigenvalue weighted by Crippen LogP contribution is 2.48. The number of carbonyl (C=O) groups excluding carboxylic acids is 3. The smallest absolute Gasteiger partial charge is 0.246 e. The zero-order valence-corrected chi connectivity index (χ0v) is 27.2. The van der Waals surface area contributed by atoms with Crippen LogP contribution in [-0.4, -0.2) is 46.2 Å². The molecule has 3 aromatic rings. The average molecular weight is 652 g/mol. The van der Waals surface area contributed by atoms with Crippen LogP contribution in [0.25, 0.3) is 10.4 Å². The molecule has 1 unspecified atom stereocenters. The minimum atomic E-state index is -0.718. The molecular formula is C33H39BrN4O3S. The third kappa shape index (κ3) is 6.62. The molecule has 1 saturated heterocycles. The molecular weight excluding hydrogens is 612 g/mol. The maximum Gasteiger partial charge on any atom is 0.246 e. The molecule has 1 aromatic heterocycles. The Kier molecular flexibility index (Phi) is 8.90. The minimum Gasteiger partial charge on any atom is -0.348 e. The lowest BCUT2D eigenvalue weighted by molar-refractivity contribution is -0.144. The summed E-state index contributed by atoms with van der Waals surface area (Å²) < 4.78 is 1.00. The SMILES string of the molecule is Cc1ncsc1-c1ccc([C@H](C)NC(=O)[C@@H]2CCCN2C(=O)C(NC(=O)[C@@H]2C[C@@H]2c2ccc(Br)cc2)C(C)(C)C)cc1. The fourth-order valence-corrected chi connectivity index (χ4v) is 6.90. The van der Waals surface area contributed by atoms with Gasteiger partial charge in [0, 0.05) is 16.9 Å². The summed E-state index contributed by atoms with van der Waals surface area (Å²) in [6.45, 7) is 10.3. The van der Waals surface area contributed by atoms with Gasteiger partial charge in [-0.2, -0.15) is 0 Å². The number of rotatable bonds is 8. The van der Waals surface area contributed by atoms with Gasteiger partial charge in [-0.15, -0.1) is 11.3 Å². The summed E-state index contributed by atoms with van der Waals surface area (Å²) in [6.07, 6.45) is 2.13. The van der Waals surface area contributed by atoms with E-state index >= 15 is 0 Å². The van der Waals surface area contributed by atoms with Gasteiger partial charge in [-0.3, -0.25) is 14.4 Å². The van der Waals surface area contributed by atoms with Crippen molar-refractivity contribution in [3.8, 4) is 10.4 Å². The number of hydrogen-bond donors (Lipinski definition) is 2. The van der Waals surface area contributed by atoms with E-state index in [-0.39, 0.29) is 35.6 Å². The lowest BCUT2D eigenvalue weighted by atomic mass is 9.85. The molecule has 1 saturated carbocycles. The van der Waals surface area contributed by atoms with E-state index in [2.05, 4.69) is 43.7 Å². The number of aryl methyl sites for hydroxylation is 1. The van der Waals surface area contributed by atoms with Crippen LogP contribution in [0.3, 0.4) is 0 Å². The predicted molar refractivity (Wildman–Crippen MR) is 170 cm³/mol. The van der Waals surface area contributed by atoms with Crippen molar-refractivity contribution in [3.05, 3.63) is 75.3 Å². The van der Waals surface area contributed by atoms with Crippen molar-refractivity contribution in [2.75, 3.05) is 6.54 Å². The molecule has 0 radical (unpaired) electrons. The van der Waals surface area contributed by atoms with Crippen molar-refractivity contribution in [2.45, 2.75) is 77.9 Å². The summed E-state index contributed by atoms with van der Waals surface area (Å²) in [5.74, 6) is -0.421. The second kappa shape index (κ2) is 12.3. The molecule has 5 rings (SSSR count). The highest BCUT2D eigenvalue weighted by Gasteiger charge is 2.47. The largest absolute Gasteiger partial charge is 0.348 e. The van der Waals surface area contributed by atoms with E-state index in [0.717, 1.165) is 44.6 Å². The zero-order chi connectivity index (χ0) is 30.2. The Hall–Kier alpha value is -3.04. The number of halogens is 1. The van der Waals surface area contributed by atoms with Crippen LogP contribution in [0.1, 0.15) is 75.7 Å². The molecule has 2 heterocycles. The molecule has 42 heavy (non-hydrogen) atoms. The van der Waals surface area contributed by atoms with Crippen LogP contribution in [0.5, 0.6) is 0 Å². The fourth-order valence-electron chi connectivity index (χ4n) is 5.83. The van der Waals surface area contributed by atoms with Gasteiger partial charge in [0.25, 0.3) is 0 Å². The van der Waals surface area contributed by atoms with Crippen molar-refractivity contribution in [3.63, 3.8) is 0 Å². The van der Waals surface area contributed by atoms with Gasteiger partial charge in [0.05, 0.1) is 22.1 Å². The van der Waals surface area contributed by atoms with E-state index in [9.17, 15) is 14.4 Å². The normalized spacial score (nSPS) is 21.5. The van der Waals surface area contributed by atoms with Crippen LogP contribution in [0.15, 0.2) is 58.5 Å². The van der Waals surface area contributed by atoms with Crippen LogP contribution in [0, 0.1) is 18.3 Å². The second-order valence-electron chi connectivity index (χ2n) is 12.6. The number of carbonyl (C=O) groups is 3. The molecule has 2 aromatic carbocycles.